The summed E-state index contributed by atoms with van der Waals surface area (Å²) in [4.78, 5) is 34.8. The van der Waals surface area contributed by atoms with Crippen LogP contribution in [0.1, 0.15) is 35.8 Å². The number of fused-ring (bicyclic) bond motifs is 2. The standard InChI is InChI=1S/C30H34N8O2/c1-5-34(3)22-8-12-36(13-9-22)26-7-6-24(28-25(26)19-35(4)33-28)30(40)32-21-16-27(37-14-10-23(39)11-15-37)29-31-20(2)17-38(29)18-21/h6-7,10-11,14-19,22H,5,8-9,12-13H2,1-4H3,(H,32,40). The number of carbonyl (C=O) groups excluding carboxylic acids is 1. The van der Waals surface area contributed by atoms with Crippen molar-refractivity contribution in [2.75, 3.05) is 36.9 Å². The first kappa shape index (κ1) is 25.8. The van der Waals surface area contributed by atoms with Gasteiger partial charge in [-0.15, -0.1) is 0 Å². The Balaban J connectivity index is 1.32. The van der Waals surface area contributed by atoms with Crippen LogP contribution in [0.4, 0.5) is 11.4 Å². The number of rotatable bonds is 6. The van der Waals surface area contributed by atoms with Crippen molar-refractivity contribution in [1.29, 1.82) is 0 Å². The van der Waals surface area contributed by atoms with Crippen LogP contribution in [0, 0.1) is 6.92 Å². The number of nitrogens with one attached hydrogen (secondary N) is 1. The van der Waals surface area contributed by atoms with E-state index in [0.717, 1.165) is 60.6 Å². The van der Waals surface area contributed by atoms with E-state index in [1.807, 2.05) is 53.7 Å². The largest absolute Gasteiger partial charge is 0.371 e. The highest BCUT2D eigenvalue weighted by atomic mass is 16.1. The monoisotopic (exact) mass is 538 g/mol. The molecule has 5 heterocycles. The third kappa shape index (κ3) is 4.75. The lowest BCUT2D eigenvalue weighted by Gasteiger charge is -2.37. The summed E-state index contributed by atoms with van der Waals surface area (Å²) in [5.41, 5.74) is 5.19. The van der Waals surface area contributed by atoms with E-state index in [1.54, 1.807) is 17.1 Å². The van der Waals surface area contributed by atoms with Gasteiger partial charge in [0.15, 0.2) is 11.1 Å². The number of carbonyl (C=O) groups is 1. The van der Waals surface area contributed by atoms with Crippen LogP contribution >= 0.6 is 0 Å². The molecule has 0 unspecified atom stereocenters. The fourth-order valence-electron chi connectivity index (χ4n) is 5.70. The predicted octanol–water partition coefficient (Wildman–Crippen LogP) is 3.85. The molecule has 6 rings (SSSR count). The number of aromatic nitrogens is 5. The van der Waals surface area contributed by atoms with Crippen molar-refractivity contribution in [3.63, 3.8) is 0 Å². The zero-order valence-electron chi connectivity index (χ0n) is 23.3. The Hall–Kier alpha value is -4.44. The molecule has 1 N–H and O–H groups in total. The summed E-state index contributed by atoms with van der Waals surface area (Å²) in [7, 11) is 4.09. The van der Waals surface area contributed by atoms with Gasteiger partial charge in [0.2, 0.25) is 0 Å². The maximum atomic E-state index is 13.7. The summed E-state index contributed by atoms with van der Waals surface area (Å²) in [6.45, 7) is 7.13. The number of aryl methyl sites for hydroxylation is 2. The molecule has 5 aromatic rings. The highest BCUT2D eigenvalue weighted by Crippen LogP contribution is 2.32. The Morgan fingerprint density at radius 3 is 2.55 bits per heavy atom. The number of nitrogens with zero attached hydrogens (tertiary/aromatic N) is 7. The molecule has 40 heavy (non-hydrogen) atoms. The zero-order valence-corrected chi connectivity index (χ0v) is 23.3. The first-order valence-electron chi connectivity index (χ1n) is 13.7. The number of hydrogen-bond donors (Lipinski definition) is 1. The number of amides is 1. The quantitative estimate of drug-likeness (QED) is 0.353. The van der Waals surface area contributed by atoms with Crippen LogP contribution in [0.5, 0.6) is 0 Å². The first-order chi connectivity index (χ1) is 19.3. The lowest BCUT2D eigenvalue weighted by atomic mass is 10.0. The second kappa shape index (κ2) is 10.3. The number of hydrogen-bond acceptors (Lipinski definition) is 6. The third-order valence-electron chi connectivity index (χ3n) is 7.93. The highest BCUT2D eigenvalue weighted by Gasteiger charge is 2.25. The average Bonchev–Trinajstić information content (AvgIpc) is 3.53. The minimum Gasteiger partial charge on any atom is -0.371 e. The van der Waals surface area contributed by atoms with E-state index in [4.69, 9.17) is 0 Å². The predicted molar refractivity (Wildman–Crippen MR) is 158 cm³/mol. The number of piperidine rings is 1. The molecule has 10 heteroatoms. The Bertz CT molecular complexity index is 1750. The van der Waals surface area contributed by atoms with Gasteiger partial charge >= 0.3 is 0 Å². The van der Waals surface area contributed by atoms with E-state index >= 15 is 0 Å². The van der Waals surface area contributed by atoms with E-state index in [0.29, 0.717) is 22.8 Å². The molecular formula is C30H34N8O2. The minimum atomic E-state index is -0.236. The molecule has 0 aliphatic carbocycles. The molecule has 1 saturated heterocycles. The smallest absolute Gasteiger partial charge is 0.257 e. The molecule has 1 fully saturated rings. The lowest BCUT2D eigenvalue weighted by Crippen LogP contribution is -2.43. The van der Waals surface area contributed by atoms with Crippen LogP contribution < -0.4 is 15.6 Å². The summed E-state index contributed by atoms with van der Waals surface area (Å²) >= 11 is 0. The first-order valence-corrected chi connectivity index (χ1v) is 13.7. The molecule has 1 aromatic carbocycles. The van der Waals surface area contributed by atoms with Gasteiger partial charge in [-0.25, -0.2) is 4.98 Å². The molecule has 0 radical (unpaired) electrons. The molecular weight excluding hydrogens is 504 g/mol. The number of imidazole rings is 1. The van der Waals surface area contributed by atoms with Crippen molar-refractivity contribution in [3.05, 3.63) is 82.8 Å². The van der Waals surface area contributed by atoms with Crippen LogP contribution in [0.2, 0.25) is 0 Å². The van der Waals surface area contributed by atoms with E-state index < -0.39 is 0 Å². The van der Waals surface area contributed by atoms with Crippen molar-refractivity contribution in [2.45, 2.75) is 32.7 Å². The molecule has 10 nitrogen and oxygen atoms in total. The van der Waals surface area contributed by atoms with E-state index in [2.05, 4.69) is 45.2 Å². The second-order valence-electron chi connectivity index (χ2n) is 10.6. The molecule has 1 aliphatic heterocycles. The van der Waals surface area contributed by atoms with Crippen molar-refractivity contribution >= 4 is 33.8 Å². The molecule has 4 aromatic heterocycles. The third-order valence-corrected chi connectivity index (χ3v) is 7.93. The van der Waals surface area contributed by atoms with Gasteiger partial charge in [0.1, 0.15) is 5.52 Å². The van der Waals surface area contributed by atoms with Gasteiger partial charge in [-0.05, 0) is 51.6 Å². The van der Waals surface area contributed by atoms with Gasteiger partial charge in [0.25, 0.3) is 5.91 Å². The summed E-state index contributed by atoms with van der Waals surface area (Å²) in [5.74, 6) is -0.236. The highest BCUT2D eigenvalue weighted by molar-refractivity contribution is 6.14. The van der Waals surface area contributed by atoms with E-state index in [9.17, 15) is 9.59 Å². The minimum absolute atomic E-state index is 0.0725. The summed E-state index contributed by atoms with van der Waals surface area (Å²) in [6.07, 6.45) is 11.4. The maximum absolute atomic E-state index is 13.7. The van der Waals surface area contributed by atoms with Crippen molar-refractivity contribution in [1.82, 2.24) is 28.6 Å². The molecule has 0 saturated carbocycles. The van der Waals surface area contributed by atoms with Crippen LogP contribution in [0.3, 0.4) is 0 Å². The molecule has 206 valence electrons. The fourth-order valence-corrected chi connectivity index (χ4v) is 5.70. The summed E-state index contributed by atoms with van der Waals surface area (Å²) in [5, 5.41) is 8.74. The van der Waals surface area contributed by atoms with E-state index in [-0.39, 0.29) is 11.3 Å². The van der Waals surface area contributed by atoms with Crippen molar-refractivity contribution in [3.8, 4) is 5.69 Å². The van der Waals surface area contributed by atoms with Gasteiger partial charge in [-0.1, -0.05) is 6.92 Å². The number of pyridine rings is 2. The Kier molecular flexibility index (Phi) is 6.63. The van der Waals surface area contributed by atoms with Crippen molar-refractivity contribution < 1.29 is 4.79 Å². The van der Waals surface area contributed by atoms with Gasteiger partial charge < -0.3 is 24.1 Å². The topological polar surface area (TPSA) is 92.7 Å². The Morgan fingerprint density at radius 2 is 1.82 bits per heavy atom. The van der Waals surface area contributed by atoms with Gasteiger partial charge in [0.05, 0.1) is 22.6 Å². The van der Waals surface area contributed by atoms with Gasteiger partial charge in [-0.3, -0.25) is 14.3 Å². The van der Waals surface area contributed by atoms with E-state index in [1.165, 1.54) is 12.1 Å². The molecule has 0 bridgehead atoms. The maximum Gasteiger partial charge on any atom is 0.257 e. The van der Waals surface area contributed by atoms with Gasteiger partial charge in [0, 0.05) is 80.4 Å². The molecule has 0 spiro atoms. The fraction of sp³-hybridized carbons (Fsp3) is 0.333. The zero-order chi connectivity index (χ0) is 28.0. The molecule has 1 amide bonds. The second-order valence-corrected chi connectivity index (χ2v) is 10.6. The molecule has 1 aliphatic rings. The summed E-state index contributed by atoms with van der Waals surface area (Å²) in [6, 6.07) is 9.41. The van der Waals surface area contributed by atoms with Crippen LogP contribution in [0.15, 0.2) is 66.1 Å². The number of anilines is 2. The Morgan fingerprint density at radius 1 is 1.07 bits per heavy atom. The average molecular weight is 539 g/mol. The van der Waals surface area contributed by atoms with Crippen LogP contribution in [0.25, 0.3) is 22.2 Å². The SMILES string of the molecule is CCN(C)C1CCN(c2ccc(C(=O)Nc3cc(-n4ccc(=O)cc4)c4nc(C)cn4c3)c3nn(C)cc23)CC1. The van der Waals surface area contributed by atoms with Crippen LogP contribution in [-0.4, -0.2) is 67.3 Å². The molecule has 0 atom stereocenters. The number of benzene rings is 1. The van der Waals surface area contributed by atoms with Crippen LogP contribution in [-0.2, 0) is 7.05 Å². The van der Waals surface area contributed by atoms with Gasteiger partial charge in [-0.2, -0.15) is 5.10 Å². The normalized spacial score (nSPS) is 14.5. The van der Waals surface area contributed by atoms with Crippen molar-refractivity contribution in [2.24, 2.45) is 7.05 Å². The Labute approximate surface area is 232 Å². The lowest BCUT2D eigenvalue weighted by molar-refractivity contribution is 0.102. The summed E-state index contributed by atoms with van der Waals surface area (Å²) < 4.78 is 5.49.